The molecule has 1 rings (SSSR count). The summed E-state index contributed by atoms with van der Waals surface area (Å²) in [5, 5.41) is 0.468. The summed E-state index contributed by atoms with van der Waals surface area (Å²) >= 11 is 3.21. The van der Waals surface area contributed by atoms with Crippen LogP contribution in [-0.4, -0.2) is 28.7 Å². The van der Waals surface area contributed by atoms with Gasteiger partial charge in [-0.3, -0.25) is 4.79 Å². The lowest BCUT2D eigenvalue weighted by atomic mass is 10.2. The van der Waals surface area contributed by atoms with Crippen molar-refractivity contribution in [2.75, 3.05) is 11.9 Å². The SMILES string of the molecule is CC(C)CN(C(=O)CBr)C1CC1. The van der Waals surface area contributed by atoms with Gasteiger partial charge in [-0.25, -0.2) is 0 Å². The highest BCUT2D eigenvalue weighted by Crippen LogP contribution is 2.27. The third kappa shape index (κ3) is 2.77. The largest absolute Gasteiger partial charge is 0.339 e. The van der Waals surface area contributed by atoms with Crippen LogP contribution in [0.3, 0.4) is 0 Å². The van der Waals surface area contributed by atoms with Crippen molar-refractivity contribution < 1.29 is 4.79 Å². The Morgan fingerprint density at radius 3 is 2.50 bits per heavy atom. The average Bonchev–Trinajstić information content (AvgIpc) is 2.81. The number of rotatable bonds is 4. The minimum absolute atomic E-state index is 0.242. The number of hydrogen-bond acceptors (Lipinski definition) is 1. The fraction of sp³-hybridized carbons (Fsp3) is 0.889. The molecule has 1 fully saturated rings. The van der Waals surface area contributed by atoms with Crippen molar-refractivity contribution in [2.24, 2.45) is 5.92 Å². The lowest BCUT2D eigenvalue weighted by Gasteiger charge is -2.23. The summed E-state index contributed by atoms with van der Waals surface area (Å²) in [5.41, 5.74) is 0. The molecule has 1 aliphatic rings. The van der Waals surface area contributed by atoms with Crippen molar-refractivity contribution in [1.82, 2.24) is 4.90 Å². The van der Waals surface area contributed by atoms with E-state index in [1.165, 1.54) is 12.8 Å². The minimum Gasteiger partial charge on any atom is -0.339 e. The van der Waals surface area contributed by atoms with Gasteiger partial charge in [0.05, 0.1) is 5.33 Å². The number of halogens is 1. The summed E-state index contributed by atoms with van der Waals surface area (Å²) in [5.74, 6) is 0.819. The molecule has 0 radical (unpaired) electrons. The molecule has 0 heterocycles. The number of nitrogens with zero attached hydrogens (tertiary/aromatic N) is 1. The first-order valence-corrected chi connectivity index (χ1v) is 5.62. The molecule has 2 nitrogen and oxygen atoms in total. The molecule has 1 saturated carbocycles. The second-order valence-corrected chi connectivity index (χ2v) is 4.37. The summed E-state index contributed by atoms with van der Waals surface area (Å²) < 4.78 is 0. The molecule has 0 unspecified atom stereocenters. The molecule has 3 heteroatoms. The quantitative estimate of drug-likeness (QED) is 0.681. The van der Waals surface area contributed by atoms with Crippen molar-refractivity contribution in [3.8, 4) is 0 Å². The Kier molecular flexibility index (Phi) is 3.56. The highest BCUT2D eigenvalue weighted by Gasteiger charge is 2.31. The summed E-state index contributed by atoms with van der Waals surface area (Å²) in [6, 6.07) is 0.553. The monoisotopic (exact) mass is 233 g/mol. The van der Waals surface area contributed by atoms with Crippen LogP contribution in [0.15, 0.2) is 0 Å². The van der Waals surface area contributed by atoms with Crippen molar-refractivity contribution in [3.05, 3.63) is 0 Å². The van der Waals surface area contributed by atoms with Crippen LogP contribution < -0.4 is 0 Å². The van der Waals surface area contributed by atoms with Gasteiger partial charge in [-0.15, -0.1) is 0 Å². The molecule has 0 N–H and O–H groups in total. The summed E-state index contributed by atoms with van der Waals surface area (Å²) in [6.07, 6.45) is 2.40. The van der Waals surface area contributed by atoms with E-state index in [1.807, 2.05) is 4.90 Å². The first kappa shape index (κ1) is 10.0. The molecular formula is C9H16BrNO. The van der Waals surface area contributed by atoms with Gasteiger partial charge in [0.2, 0.25) is 5.91 Å². The Morgan fingerprint density at radius 2 is 2.17 bits per heavy atom. The zero-order valence-electron chi connectivity index (χ0n) is 7.72. The first-order valence-electron chi connectivity index (χ1n) is 4.50. The van der Waals surface area contributed by atoms with E-state index in [1.54, 1.807) is 0 Å². The molecule has 1 amide bonds. The average molecular weight is 234 g/mol. The molecule has 0 aromatic carbocycles. The first-order chi connectivity index (χ1) is 5.65. The Labute approximate surface area is 82.4 Å². The van der Waals surface area contributed by atoms with E-state index < -0.39 is 0 Å². The smallest absolute Gasteiger partial charge is 0.233 e. The zero-order chi connectivity index (χ0) is 9.14. The van der Waals surface area contributed by atoms with Crippen LogP contribution in [-0.2, 0) is 4.79 Å². The highest BCUT2D eigenvalue weighted by molar-refractivity contribution is 9.09. The van der Waals surface area contributed by atoms with Crippen LogP contribution in [0.5, 0.6) is 0 Å². The third-order valence-corrected chi connectivity index (χ3v) is 2.46. The van der Waals surface area contributed by atoms with Crippen molar-refractivity contribution in [2.45, 2.75) is 32.7 Å². The van der Waals surface area contributed by atoms with E-state index in [-0.39, 0.29) is 5.91 Å². The maximum atomic E-state index is 11.4. The third-order valence-electron chi connectivity index (χ3n) is 1.98. The number of carbonyl (C=O) groups excluding carboxylic acids is 1. The van der Waals surface area contributed by atoms with Crippen LogP contribution in [0.4, 0.5) is 0 Å². The van der Waals surface area contributed by atoms with Crippen LogP contribution >= 0.6 is 15.9 Å². The normalized spacial score (nSPS) is 16.7. The Morgan fingerprint density at radius 1 is 1.58 bits per heavy atom. The molecular weight excluding hydrogens is 218 g/mol. The molecule has 0 aliphatic heterocycles. The van der Waals surface area contributed by atoms with Gasteiger partial charge in [0.15, 0.2) is 0 Å². The van der Waals surface area contributed by atoms with Gasteiger partial charge in [-0.1, -0.05) is 29.8 Å². The number of alkyl halides is 1. The van der Waals surface area contributed by atoms with E-state index in [9.17, 15) is 4.79 Å². The maximum absolute atomic E-state index is 11.4. The van der Waals surface area contributed by atoms with Gasteiger partial charge in [0.1, 0.15) is 0 Å². The molecule has 0 spiro atoms. The van der Waals surface area contributed by atoms with Gasteiger partial charge < -0.3 is 4.90 Å². The van der Waals surface area contributed by atoms with E-state index >= 15 is 0 Å². The summed E-state index contributed by atoms with van der Waals surface area (Å²) in [7, 11) is 0. The fourth-order valence-corrected chi connectivity index (χ4v) is 1.63. The molecule has 0 bridgehead atoms. The molecule has 0 aromatic heterocycles. The number of hydrogen-bond donors (Lipinski definition) is 0. The van der Waals surface area contributed by atoms with Crippen LogP contribution in [0.2, 0.25) is 0 Å². The van der Waals surface area contributed by atoms with Gasteiger partial charge in [-0.05, 0) is 18.8 Å². The fourth-order valence-electron chi connectivity index (χ4n) is 1.31. The van der Waals surface area contributed by atoms with Crippen LogP contribution in [0.25, 0.3) is 0 Å². The predicted octanol–water partition coefficient (Wildman–Crippen LogP) is 2.03. The predicted molar refractivity (Wildman–Crippen MR) is 53.4 cm³/mol. The second kappa shape index (κ2) is 4.26. The summed E-state index contributed by atoms with van der Waals surface area (Å²) in [6.45, 7) is 5.21. The van der Waals surface area contributed by atoms with Crippen LogP contribution in [0.1, 0.15) is 26.7 Å². The Bertz CT molecular complexity index is 166. The van der Waals surface area contributed by atoms with Gasteiger partial charge in [0.25, 0.3) is 0 Å². The molecule has 0 aromatic rings. The van der Waals surface area contributed by atoms with Crippen molar-refractivity contribution in [3.63, 3.8) is 0 Å². The van der Waals surface area contributed by atoms with Crippen molar-refractivity contribution in [1.29, 1.82) is 0 Å². The molecule has 0 atom stereocenters. The lowest BCUT2D eigenvalue weighted by Crippen LogP contribution is -2.36. The molecule has 70 valence electrons. The zero-order valence-corrected chi connectivity index (χ0v) is 9.30. The Balaban J connectivity index is 2.42. The summed E-state index contributed by atoms with van der Waals surface area (Å²) in [4.78, 5) is 13.4. The second-order valence-electron chi connectivity index (χ2n) is 3.80. The maximum Gasteiger partial charge on any atom is 0.233 e. The lowest BCUT2D eigenvalue weighted by molar-refractivity contribution is -0.129. The van der Waals surface area contributed by atoms with Gasteiger partial charge >= 0.3 is 0 Å². The number of carbonyl (C=O) groups is 1. The van der Waals surface area contributed by atoms with E-state index in [2.05, 4.69) is 29.8 Å². The Hall–Kier alpha value is -0.0500. The highest BCUT2D eigenvalue weighted by atomic mass is 79.9. The minimum atomic E-state index is 0.242. The molecule has 12 heavy (non-hydrogen) atoms. The van der Waals surface area contributed by atoms with Crippen LogP contribution in [0, 0.1) is 5.92 Å². The number of amides is 1. The molecule has 1 aliphatic carbocycles. The van der Waals surface area contributed by atoms with Gasteiger partial charge in [-0.2, -0.15) is 0 Å². The molecule has 0 saturated heterocycles. The van der Waals surface area contributed by atoms with E-state index in [0.717, 1.165) is 6.54 Å². The van der Waals surface area contributed by atoms with E-state index in [0.29, 0.717) is 17.3 Å². The topological polar surface area (TPSA) is 20.3 Å². The van der Waals surface area contributed by atoms with E-state index in [4.69, 9.17) is 0 Å². The standard InChI is InChI=1S/C9H16BrNO/c1-7(2)6-11(8-3-4-8)9(12)5-10/h7-8H,3-6H2,1-2H3. The van der Waals surface area contributed by atoms with Gasteiger partial charge in [0, 0.05) is 12.6 Å². The van der Waals surface area contributed by atoms with Crippen molar-refractivity contribution >= 4 is 21.8 Å².